The first-order valence-electron chi connectivity index (χ1n) is 8.81. The van der Waals surface area contributed by atoms with Crippen LogP contribution in [0.3, 0.4) is 0 Å². The number of ether oxygens (including phenoxy) is 1. The van der Waals surface area contributed by atoms with Gasteiger partial charge < -0.3 is 14.5 Å². The third-order valence-corrected chi connectivity index (χ3v) is 4.97. The number of anilines is 1. The molecule has 1 aliphatic carbocycles. The van der Waals surface area contributed by atoms with E-state index in [0.717, 1.165) is 54.9 Å². The van der Waals surface area contributed by atoms with Crippen LogP contribution >= 0.6 is 0 Å². The van der Waals surface area contributed by atoms with Crippen LogP contribution in [0.25, 0.3) is 11.2 Å². The lowest BCUT2D eigenvalue weighted by molar-refractivity contribution is 0.0903. The SMILES string of the molecule is Fc1cc(C2=CCc3nc(NC4CCOCC4)ncc32)cn2ccnc12.[HH].[HH]. The van der Waals surface area contributed by atoms with Gasteiger partial charge in [0, 0.05) is 64.4 Å². The van der Waals surface area contributed by atoms with Gasteiger partial charge >= 0.3 is 0 Å². The zero-order chi connectivity index (χ0) is 17.5. The predicted molar refractivity (Wildman–Crippen MR) is 99.7 cm³/mol. The lowest BCUT2D eigenvalue weighted by Gasteiger charge is -2.23. The summed E-state index contributed by atoms with van der Waals surface area (Å²) in [6.07, 6.45) is 11.8. The molecule has 0 radical (unpaired) electrons. The van der Waals surface area contributed by atoms with Crippen LogP contribution in [0.4, 0.5) is 10.3 Å². The average molecular weight is 355 g/mol. The molecule has 1 aliphatic heterocycles. The van der Waals surface area contributed by atoms with Gasteiger partial charge in [-0.25, -0.2) is 19.3 Å². The molecule has 26 heavy (non-hydrogen) atoms. The molecule has 1 N–H and O–H groups in total. The molecule has 3 aromatic heterocycles. The van der Waals surface area contributed by atoms with E-state index >= 15 is 0 Å². The molecule has 0 unspecified atom stereocenters. The van der Waals surface area contributed by atoms with Gasteiger partial charge in [0.05, 0.1) is 5.69 Å². The number of allylic oxidation sites excluding steroid dienone is 1. The van der Waals surface area contributed by atoms with Crippen molar-refractivity contribution in [1.29, 1.82) is 0 Å². The number of halogens is 1. The van der Waals surface area contributed by atoms with Gasteiger partial charge in [-0.2, -0.15) is 0 Å². The summed E-state index contributed by atoms with van der Waals surface area (Å²) in [6.45, 7) is 1.55. The molecule has 7 heteroatoms. The Kier molecular flexibility index (Phi) is 3.67. The lowest BCUT2D eigenvalue weighted by atomic mass is 10.0. The molecule has 0 saturated carbocycles. The van der Waals surface area contributed by atoms with Gasteiger partial charge in [0.1, 0.15) is 0 Å². The Hall–Kier alpha value is -2.80. The van der Waals surface area contributed by atoms with Crippen LogP contribution in [0.5, 0.6) is 0 Å². The standard InChI is InChI=1S/C19H18FN5O.2H2/c20-16-9-12(11-25-6-5-21-18(16)25)14-1-2-17-15(14)10-22-19(24-17)23-13-3-7-26-8-4-13;;/h1,5-6,9-11,13H,2-4,7-8H2,(H,22,23,24);2*1H. The third-order valence-electron chi connectivity index (χ3n) is 4.97. The Morgan fingerprint density at radius 2 is 2.15 bits per heavy atom. The van der Waals surface area contributed by atoms with Gasteiger partial charge in [0.15, 0.2) is 11.5 Å². The Labute approximate surface area is 152 Å². The number of hydrogen-bond donors (Lipinski definition) is 1. The topological polar surface area (TPSA) is 64.3 Å². The van der Waals surface area contributed by atoms with Crippen molar-refractivity contribution in [2.45, 2.75) is 25.3 Å². The van der Waals surface area contributed by atoms with E-state index in [0.29, 0.717) is 17.6 Å². The molecule has 0 spiro atoms. The Balaban J connectivity index is 0.00000112. The first kappa shape index (κ1) is 15.5. The summed E-state index contributed by atoms with van der Waals surface area (Å²) in [6, 6.07) is 1.88. The molecule has 6 nitrogen and oxygen atoms in total. The minimum absolute atomic E-state index is 0. The van der Waals surface area contributed by atoms with Gasteiger partial charge in [0.25, 0.3) is 0 Å². The Morgan fingerprint density at radius 3 is 3.04 bits per heavy atom. The molecular formula is C19H22FN5O. The number of rotatable bonds is 3. The molecule has 4 heterocycles. The second-order valence-corrected chi connectivity index (χ2v) is 6.64. The maximum Gasteiger partial charge on any atom is 0.223 e. The third kappa shape index (κ3) is 2.64. The van der Waals surface area contributed by atoms with Crippen molar-refractivity contribution in [2.24, 2.45) is 0 Å². The van der Waals surface area contributed by atoms with Gasteiger partial charge in [-0.05, 0) is 24.5 Å². The molecule has 1 fully saturated rings. The van der Waals surface area contributed by atoms with E-state index in [1.54, 1.807) is 16.8 Å². The highest BCUT2D eigenvalue weighted by Crippen LogP contribution is 2.32. The van der Waals surface area contributed by atoms with Crippen molar-refractivity contribution >= 4 is 17.2 Å². The highest BCUT2D eigenvalue weighted by atomic mass is 19.1. The summed E-state index contributed by atoms with van der Waals surface area (Å²) in [7, 11) is 0. The van der Waals surface area contributed by atoms with Crippen molar-refractivity contribution in [3.8, 4) is 0 Å². The number of fused-ring (bicyclic) bond motifs is 2. The molecule has 0 atom stereocenters. The van der Waals surface area contributed by atoms with E-state index in [4.69, 9.17) is 4.74 Å². The average Bonchev–Trinajstić information content (AvgIpc) is 3.29. The number of aromatic nitrogens is 4. The van der Waals surface area contributed by atoms with Crippen molar-refractivity contribution < 1.29 is 12.0 Å². The highest BCUT2D eigenvalue weighted by molar-refractivity contribution is 5.84. The molecule has 0 amide bonds. The minimum atomic E-state index is -0.333. The number of pyridine rings is 1. The quantitative estimate of drug-likeness (QED) is 0.781. The number of imidazole rings is 1. The maximum atomic E-state index is 14.3. The summed E-state index contributed by atoms with van der Waals surface area (Å²) >= 11 is 0. The van der Waals surface area contributed by atoms with Crippen molar-refractivity contribution in [3.63, 3.8) is 0 Å². The number of nitrogens with one attached hydrogen (secondary N) is 1. The van der Waals surface area contributed by atoms with E-state index in [1.807, 2.05) is 12.4 Å². The van der Waals surface area contributed by atoms with Crippen molar-refractivity contribution in [2.75, 3.05) is 18.5 Å². The molecule has 0 bridgehead atoms. The summed E-state index contributed by atoms with van der Waals surface area (Å²) < 4.78 is 21.4. The van der Waals surface area contributed by atoms with Crippen molar-refractivity contribution in [1.82, 2.24) is 19.4 Å². The fourth-order valence-electron chi connectivity index (χ4n) is 3.61. The fourth-order valence-corrected chi connectivity index (χ4v) is 3.61. The predicted octanol–water partition coefficient (Wildman–Crippen LogP) is 3.33. The number of hydrogen-bond acceptors (Lipinski definition) is 5. The fraction of sp³-hybridized carbons (Fsp3) is 0.316. The van der Waals surface area contributed by atoms with E-state index in [9.17, 15) is 4.39 Å². The van der Waals surface area contributed by atoms with Crippen LogP contribution < -0.4 is 5.32 Å². The van der Waals surface area contributed by atoms with Crippen LogP contribution in [-0.2, 0) is 11.2 Å². The van der Waals surface area contributed by atoms with E-state index in [2.05, 4.69) is 26.3 Å². The molecule has 2 aliphatic rings. The summed E-state index contributed by atoms with van der Waals surface area (Å²) in [4.78, 5) is 13.2. The molecular weight excluding hydrogens is 333 g/mol. The molecule has 136 valence electrons. The van der Waals surface area contributed by atoms with Crippen LogP contribution in [-0.4, -0.2) is 38.6 Å². The molecule has 3 aromatic rings. The number of nitrogens with zero attached hydrogens (tertiary/aromatic N) is 4. The van der Waals surface area contributed by atoms with E-state index in [1.165, 1.54) is 6.07 Å². The first-order valence-corrected chi connectivity index (χ1v) is 8.81. The molecule has 1 saturated heterocycles. The highest BCUT2D eigenvalue weighted by Gasteiger charge is 2.21. The lowest BCUT2D eigenvalue weighted by Crippen LogP contribution is -2.28. The van der Waals surface area contributed by atoms with Crippen LogP contribution in [0.1, 0.15) is 32.5 Å². The monoisotopic (exact) mass is 355 g/mol. The summed E-state index contributed by atoms with van der Waals surface area (Å²) in [5.41, 5.74) is 4.03. The van der Waals surface area contributed by atoms with Gasteiger partial charge in [-0.3, -0.25) is 0 Å². The second-order valence-electron chi connectivity index (χ2n) is 6.64. The Morgan fingerprint density at radius 1 is 1.27 bits per heavy atom. The first-order chi connectivity index (χ1) is 12.8. The van der Waals surface area contributed by atoms with Gasteiger partial charge in [-0.15, -0.1) is 0 Å². The van der Waals surface area contributed by atoms with Crippen LogP contribution in [0.2, 0.25) is 0 Å². The van der Waals surface area contributed by atoms with Crippen LogP contribution in [0.15, 0.2) is 36.9 Å². The van der Waals surface area contributed by atoms with Gasteiger partial charge in [0.2, 0.25) is 5.95 Å². The smallest absolute Gasteiger partial charge is 0.223 e. The molecule has 0 aromatic carbocycles. The minimum Gasteiger partial charge on any atom is -0.381 e. The van der Waals surface area contributed by atoms with E-state index in [-0.39, 0.29) is 8.67 Å². The largest absolute Gasteiger partial charge is 0.381 e. The Bertz CT molecular complexity index is 1020. The van der Waals surface area contributed by atoms with Gasteiger partial charge in [-0.1, -0.05) is 6.08 Å². The van der Waals surface area contributed by atoms with Crippen molar-refractivity contribution in [3.05, 3.63) is 59.6 Å². The zero-order valence-electron chi connectivity index (χ0n) is 14.2. The summed E-state index contributed by atoms with van der Waals surface area (Å²) in [5, 5.41) is 3.40. The zero-order valence-corrected chi connectivity index (χ0v) is 14.2. The van der Waals surface area contributed by atoms with E-state index < -0.39 is 0 Å². The summed E-state index contributed by atoms with van der Waals surface area (Å²) in [5.74, 6) is 0.321. The maximum absolute atomic E-state index is 14.3. The second kappa shape index (κ2) is 6.17. The molecule has 5 rings (SSSR count). The van der Waals surface area contributed by atoms with Crippen LogP contribution in [0, 0.1) is 5.82 Å². The normalized spacial score (nSPS) is 17.3.